The van der Waals surface area contributed by atoms with Crippen molar-refractivity contribution in [2.75, 3.05) is 26.5 Å². The molecule has 0 atom stereocenters. The molecule has 3 aromatic rings. The molecule has 1 aromatic heterocycles. The van der Waals surface area contributed by atoms with Crippen LogP contribution in [0.3, 0.4) is 0 Å². The van der Waals surface area contributed by atoms with Gasteiger partial charge in [-0.25, -0.2) is 0 Å². The van der Waals surface area contributed by atoms with E-state index >= 15 is 0 Å². The molecule has 1 aliphatic carbocycles. The lowest BCUT2D eigenvalue weighted by atomic mass is 9.95. The molecule has 1 saturated carbocycles. The van der Waals surface area contributed by atoms with Crippen LogP contribution in [0.25, 0.3) is 11.4 Å². The van der Waals surface area contributed by atoms with E-state index < -0.39 is 0 Å². The van der Waals surface area contributed by atoms with Gasteiger partial charge in [-0.3, -0.25) is 9.36 Å². The lowest BCUT2D eigenvalue weighted by Gasteiger charge is -2.25. The lowest BCUT2D eigenvalue weighted by Crippen LogP contribution is -2.26. The average Bonchev–Trinajstić information content (AvgIpc) is 3.34. The van der Waals surface area contributed by atoms with Gasteiger partial charge >= 0.3 is 0 Å². The summed E-state index contributed by atoms with van der Waals surface area (Å²) in [5.74, 6) is 2.49. The molecule has 0 spiro atoms. The first-order chi connectivity index (χ1) is 17.2. The van der Waals surface area contributed by atoms with E-state index in [9.17, 15) is 4.79 Å². The van der Waals surface area contributed by atoms with Crippen molar-refractivity contribution in [1.82, 2.24) is 20.1 Å². The Morgan fingerprint density at radius 3 is 2.54 bits per heavy atom. The summed E-state index contributed by atoms with van der Waals surface area (Å²) in [6, 6.07) is 16.5. The number of carbonyl (C=O) groups excluding carboxylic acids is 1. The second-order valence-electron chi connectivity index (χ2n) is 8.77. The van der Waals surface area contributed by atoms with Crippen molar-refractivity contribution in [1.29, 1.82) is 0 Å². The summed E-state index contributed by atoms with van der Waals surface area (Å²) in [5, 5.41) is 12.9. The van der Waals surface area contributed by atoms with Gasteiger partial charge in [0, 0.05) is 18.2 Å². The quantitative estimate of drug-likeness (QED) is 0.288. The third kappa shape index (κ3) is 6.57. The number of carbonyl (C=O) groups is 1. The average molecular weight is 495 g/mol. The van der Waals surface area contributed by atoms with Crippen molar-refractivity contribution < 1.29 is 14.3 Å². The van der Waals surface area contributed by atoms with Crippen molar-refractivity contribution in [3.63, 3.8) is 0 Å². The highest BCUT2D eigenvalue weighted by Gasteiger charge is 2.25. The van der Waals surface area contributed by atoms with Crippen LogP contribution in [0, 0.1) is 0 Å². The number of hydrogen-bond acceptors (Lipinski definition) is 6. The molecule has 186 valence electrons. The van der Waals surface area contributed by atoms with Crippen LogP contribution in [-0.4, -0.2) is 47.2 Å². The fourth-order valence-electron chi connectivity index (χ4n) is 4.56. The minimum absolute atomic E-state index is 0.0222. The zero-order valence-electron chi connectivity index (χ0n) is 20.5. The Morgan fingerprint density at radius 1 is 1.03 bits per heavy atom. The van der Waals surface area contributed by atoms with Crippen LogP contribution < -0.4 is 14.8 Å². The summed E-state index contributed by atoms with van der Waals surface area (Å²) in [6.45, 7) is 0.667. The topological polar surface area (TPSA) is 78.3 Å². The smallest absolute Gasteiger partial charge is 0.230 e. The van der Waals surface area contributed by atoms with Crippen LogP contribution in [-0.2, 0) is 11.2 Å². The van der Waals surface area contributed by atoms with Gasteiger partial charge in [0.05, 0.1) is 20.0 Å². The van der Waals surface area contributed by atoms with E-state index in [0.29, 0.717) is 29.8 Å². The van der Waals surface area contributed by atoms with E-state index in [-0.39, 0.29) is 5.91 Å². The number of benzene rings is 2. The third-order valence-corrected chi connectivity index (χ3v) is 7.33. The number of nitrogens with one attached hydrogen (secondary N) is 1. The van der Waals surface area contributed by atoms with Crippen LogP contribution >= 0.6 is 11.8 Å². The summed E-state index contributed by atoms with van der Waals surface area (Å²) >= 11 is 1.46. The molecule has 0 aliphatic heterocycles. The Bertz CT molecular complexity index is 1100. The highest BCUT2D eigenvalue weighted by atomic mass is 32.2. The summed E-state index contributed by atoms with van der Waals surface area (Å²) in [5.41, 5.74) is 2.22. The molecule has 1 aliphatic rings. The van der Waals surface area contributed by atoms with Gasteiger partial charge < -0.3 is 14.8 Å². The van der Waals surface area contributed by atoms with E-state index in [2.05, 4.69) is 32.2 Å². The van der Waals surface area contributed by atoms with Gasteiger partial charge in [0.25, 0.3) is 0 Å². The molecular weight excluding hydrogens is 460 g/mol. The van der Waals surface area contributed by atoms with E-state index in [4.69, 9.17) is 9.47 Å². The second-order valence-corrected chi connectivity index (χ2v) is 9.71. The predicted molar refractivity (Wildman–Crippen MR) is 139 cm³/mol. The molecule has 1 amide bonds. The SMILES string of the molecule is COc1ccc(-c2nnc(SCC(=O)NCCCc3ccccc3)n2C2CCCCC2)cc1OC. The molecule has 1 N–H and O–H groups in total. The fourth-order valence-corrected chi connectivity index (χ4v) is 5.40. The molecule has 0 radical (unpaired) electrons. The maximum Gasteiger partial charge on any atom is 0.230 e. The van der Waals surface area contributed by atoms with Crippen molar-refractivity contribution in [3.8, 4) is 22.9 Å². The first-order valence-corrected chi connectivity index (χ1v) is 13.3. The number of thioether (sulfide) groups is 1. The standard InChI is InChI=1S/C27H34N4O3S/c1-33-23-16-15-21(18-24(23)34-2)26-29-30-27(31(26)22-13-7-4-8-14-22)35-19-25(32)28-17-9-12-20-10-5-3-6-11-20/h3,5-6,10-11,15-16,18,22H,4,7-9,12-14,17,19H2,1-2H3,(H,28,32). The van der Waals surface area contributed by atoms with Gasteiger partial charge in [0.1, 0.15) is 0 Å². The maximum absolute atomic E-state index is 12.5. The Labute approximate surface area is 211 Å². The van der Waals surface area contributed by atoms with Gasteiger partial charge in [-0.1, -0.05) is 61.4 Å². The zero-order valence-corrected chi connectivity index (χ0v) is 21.4. The molecule has 0 saturated heterocycles. The molecule has 4 rings (SSSR count). The van der Waals surface area contributed by atoms with E-state index in [1.165, 1.54) is 36.6 Å². The van der Waals surface area contributed by atoms with Crippen LogP contribution in [0.5, 0.6) is 11.5 Å². The van der Waals surface area contributed by atoms with Crippen LogP contribution in [0.1, 0.15) is 50.1 Å². The number of methoxy groups -OCH3 is 2. The second kappa shape index (κ2) is 12.6. The van der Waals surface area contributed by atoms with E-state index in [1.807, 2.05) is 36.4 Å². The van der Waals surface area contributed by atoms with Gasteiger partial charge in [-0.15, -0.1) is 10.2 Å². The minimum Gasteiger partial charge on any atom is -0.493 e. The largest absolute Gasteiger partial charge is 0.493 e. The third-order valence-electron chi connectivity index (χ3n) is 6.39. The molecule has 0 unspecified atom stereocenters. The molecule has 1 heterocycles. The molecule has 8 heteroatoms. The number of aryl methyl sites for hydroxylation is 1. The first kappa shape index (κ1) is 25.1. The van der Waals surface area contributed by atoms with Crippen molar-refractivity contribution >= 4 is 17.7 Å². The number of rotatable bonds is 11. The van der Waals surface area contributed by atoms with Crippen molar-refractivity contribution in [3.05, 3.63) is 54.1 Å². The molecule has 0 bridgehead atoms. The number of aromatic nitrogens is 3. The number of nitrogens with zero attached hydrogens (tertiary/aromatic N) is 3. The van der Waals surface area contributed by atoms with Crippen molar-refractivity contribution in [2.45, 2.75) is 56.1 Å². The first-order valence-electron chi connectivity index (χ1n) is 12.3. The molecule has 2 aromatic carbocycles. The summed E-state index contributed by atoms with van der Waals surface area (Å²) in [6.07, 6.45) is 7.72. The molecule has 1 fully saturated rings. The van der Waals surface area contributed by atoms with Gasteiger partial charge in [-0.2, -0.15) is 0 Å². The summed E-state index contributed by atoms with van der Waals surface area (Å²) in [4.78, 5) is 12.5. The molecule has 35 heavy (non-hydrogen) atoms. The van der Waals surface area contributed by atoms with Gasteiger partial charge in [0.15, 0.2) is 22.5 Å². The van der Waals surface area contributed by atoms with Crippen molar-refractivity contribution in [2.24, 2.45) is 0 Å². The fraction of sp³-hybridized carbons (Fsp3) is 0.444. The molecular formula is C27H34N4O3S. The number of amides is 1. The highest BCUT2D eigenvalue weighted by molar-refractivity contribution is 7.99. The predicted octanol–water partition coefficient (Wildman–Crippen LogP) is 5.31. The van der Waals surface area contributed by atoms with E-state index in [1.54, 1.807) is 14.2 Å². The number of hydrogen-bond donors (Lipinski definition) is 1. The van der Waals surface area contributed by atoms with Crippen LogP contribution in [0.2, 0.25) is 0 Å². The normalized spacial score (nSPS) is 14.0. The van der Waals surface area contributed by atoms with Crippen LogP contribution in [0.4, 0.5) is 0 Å². The Hall–Kier alpha value is -3.00. The zero-order chi connectivity index (χ0) is 24.5. The molecule has 7 nitrogen and oxygen atoms in total. The maximum atomic E-state index is 12.5. The minimum atomic E-state index is 0.0222. The monoisotopic (exact) mass is 494 g/mol. The van der Waals surface area contributed by atoms with E-state index in [0.717, 1.165) is 42.2 Å². The van der Waals surface area contributed by atoms with Gasteiger partial charge in [0.2, 0.25) is 5.91 Å². The Balaban J connectivity index is 1.42. The van der Waals surface area contributed by atoms with Crippen LogP contribution in [0.15, 0.2) is 53.7 Å². The lowest BCUT2D eigenvalue weighted by molar-refractivity contribution is -0.118. The van der Waals surface area contributed by atoms with Gasteiger partial charge in [-0.05, 0) is 49.4 Å². The summed E-state index contributed by atoms with van der Waals surface area (Å²) in [7, 11) is 3.26. The number of ether oxygens (including phenoxy) is 2. The Kier molecular flexibility index (Phi) is 9.06. The Morgan fingerprint density at radius 2 is 1.80 bits per heavy atom. The summed E-state index contributed by atoms with van der Waals surface area (Å²) < 4.78 is 13.1. The highest BCUT2D eigenvalue weighted by Crippen LogP contribution is 2.38.